The number of piperidine rings is 1. The first-order valence-electron chi connectivity index (χ1n) is 11.8. The molecule has 7 heteroatoms. The number of nitrogens with zero attached hydrogens (tertiary/aromatic N) is 4. The molecule has 7 nitrogen and oxygen atoms in total. The topological polar surface area (TPSA) is 73.8 Å². The molecule has 1 unspecified atom stereocenters. The molecule has 3 amide bonds. The standard InChI is InChI=1S/C26H30N4O3/c1-18(2)30-24(32)21-7-4-3-6-20(21)22(25(33)28-14-5-15-28)26(30)10-16-29(17-11-26)23(31)19-8-12-27-13-9-19/h3-4,6-9,12-13,18,22H,5,10-11,14-17H2,1-2H3. The lowest BCUT2D eigenvalue weighted by Crippen LogP contribution is -2.68. The van der Waals surface area contributed by atoms with Gasteiger partial charge in [-0.25, -0.2) is 0 Å². The van der Waals surface area contributed by atoms with E-state index in [2.05, 4.69) is 4.98 Å². The van der Waals surface area contributed by atoms with Crippen LogP contribution in [0.1, 0.15) is 65.3 Å². The number of benzene rings is 1. The van der Waals surface area contributed by atoms with Crippen molar-refractivity contribution in [2.45, 2.75) is 50.6 Å². The average Bonchev–Trinajstić information content (AvgIpc) is 2.78. The van der Waals surface area contributed by atoms with Gasteiger partial charge in [0.05, 0.1) is 11.5 Å². The Bertz CT molecular complexity index is 1070. The summed E-state index contributed by atoms with van der Waals surface area (Å²) in [6, 6.07) is 11.0. The highest BCUT2D eigenvalue weighted by Gasteiger charge is 2.57. The number of amides is 3. The van der Waals surface area contributed by atoms with Crippen molar-refractivity contribution in [1.29, 1.82) is 0 Å². The van der Waals surface area contributed by atoms with Gasteiger partial charge in [0.25, 0.3) is 11.8 Å². The predicted molar refractivity (Wildman–Crippen MR) is 124 cm³/mol. The molecule has 3 aliphatic rings. The third kappa shape index (κ3) is 3.41. The predicted octanol–water partition coefficient (Wildman–Crippen LogP) is 2.94. The van der Waals surface area contributed by atoms with E-state index in [1.165, 1.54) is 0 Å². The minimum Gasteiger partial charge on any atom is -0.342 e. The van der Waals surface area contributed by atoms with Crippen molar-refractivity contribution in [2.75, 3.05) is 26.2 Å². The van der Waals surface area contributed by atoms with E-state index in [1.54, 1.807) is 24.5 Å². The maximum atomic E-state index is 13.8. The van der Waals surface area contributed by atoms with E-state index in [1.807, 2.05) is 52.8 Å². The van der Waals surface area contributed by atoms with Gasteiger partial charge in [0, 0.05) is 55.7 Å². The van der Waals surface area contributed by atoms with Crippen molar-refractivity contribution in [1.82, 2.24) is 19.7 Å². The SMILES string of the molecule is CC(C)N1C(=O)c2ccccc2C(C(=O)N2CCC2)C12CCN(C(=O)c1ccncc1)CC2. The van der Waals surface area contributed by atoms with Crippen LogP contribution in [-0.4, -0.2) is 75.2 Å². The molecule has 4 heterocycles. The molecule has 0 saturated carbocycles. The Morgan fingerprint density at radius 1 is 0.970 bits per heavy atom. The molecule has 0 radical (unpaired) electrons. The molecule has 1 aromatic carbocycles. The van der Waals surface area contributed by atoms with E-state index in [-0.39, 0.29) is 23.8 Å². The first-order valence-corrected chi connectivity index (χ1v) is 11.8. The number of likely N-dealkylation sites (tertiary alicyclic amines) is 2. The van der Waals surface area contributed by atoms with Crippen LogP contribution < -0.4 is 0 Å². The average molecular weight is 447 g/mol. The number of rotatable bonds is 3. The van der Waals surface area contributed by atoms with Gasteiger partial charge in [0.1, 0.15) is 0 Å². The van der Waals surface area contributed by atoms with Gasteiger partial charge in [-0.05, 0) is 56.9 Å². The van der Waals surface area contributed by atoms with Gasteiger partial charge in [-0.2, -0.15) is 0 Å². The van der Waals surface area contributed by atoms with Gasteiger partial charge in [-0.3, -0.25) is 19.4 Å². The molecule has 2 fully saturated rings. The van der Waals surface area contributed by atoms with E-state index in [0.717, 1.165) is 25.1 Å². The maximum Gasteiger partial charge on any atom is 0.254 e. The molecule has 1 atom stereocenters. The quantitative estimate of drug-likeness (QED) is 0.727. The normalized spacial score (nSPS) is 21.7. The smallest absolute Gasteiger partial charge is 0.254 e. The Morgan fingerprint density at radius 2 is 1.64 bits per heavy atom. The summed E-state index contributed by atoms with van der Waals surface area (Å²) in [4.78, 5) is 50.3. The fourth-order valence-corrected chi connectivity index (χ4v) is 5.84. The molecule has 33 heavy (non-hydrogen) atoms. The van der Waals surface area contributed by atoms with E-state index in [0.29, 0.717) is 37.1 Å². The van der Waals surface area contributed by atoms with Crippen LogP contribution in [0.2, 0.25) is 0 Å². The molecule has 5 rings (SSSR count). The molecule has 2 aromatic rings. The number of carbonyl (C=O) groups excluding carboxylic acids is 3. The summed E-state index contributed by atoms with van der Waals surface area (Å²) >= 11 is 0. The lowest BCUT2D eigenvalue weighted by Gasteiger charge is -2.57. The maximum absolute atomic E-state index is 13.8. The molecule has 0 bridgehead atoms. The van der Waals surface area contributed by atoms with Gasteiger partial charge in [0.15, 0.2) is 0 Å². The largest absolute Gasteiger partial charge is 0.342 e. The fourth-order valence-electron chi connectivity index (χ4n) is 5.84. The molecule has 3 aliphatic heterocycles. The zero-order valence-electron chi connectivity index (χ0n) is 19.2. The van der Waals surface area contributed by atoms with Crippen molar-refractivity contribution in [3.05, 3.63) is 65.5 Å². The Labute approximate surface area is 194 Å². The van der Waals surface area contributed by atoms with Crippen LogP contribution in [0.5, 0.6) is 0 Å². The molecule has 0 N–H and O–H groups in total. The van der Waals surface area contributed by atoms with Crippen molar-refractivity contribution in [2.24, 2.45) is 0 Å². The van der Waals surface area contributed by atoms with Crippen LogP contribution in [0.3, 0.4) is 0 Å². The van der Waals surface area contributed by atoms with Gasteiger partial charge in [0.2, 0.25) is 5.91 Å². The second-order valence-corrected chi connectivity index (χ2v) is 9.60. The Morgan fingerprint density at radius 3 is 2.24 bits per heavy atom. The summed E-state index contributed by atoms with van der Waals surface area (Å²) in [6.45, 7) is 6.60. The molecule has 2 saturated heterocycles. The molecular weight excluding hydrogens is 416 g/mol. The third-order valence-corrected chi connectivity index (χ3v) is 7.51. The van der Waals surface area contributed by atoms with E-state index < -0.39 is 11.5 Å². The van der Waals surface area contributed by atoms with Gasteiger partial charge >= 0.3 is 0 Å². The van der Waals surface area contributed by atoms with Crippen LogP contribution >= 0.6 is 0 Å². The van der Waals surface area contributed by atoms with Gasteiger partial charge in [-0.15, -0.1) is 0 Å². The van der Waals surface area contributed by atoms with Crippen molar-refractivity contribution < 1.29 is 14.4 Å². The van der Waals surface area contributed by atoms with Crippen molar-refractivity contribution >= 4 is 17.7 Å². The summed E-state index contributed by atoms with van der Waals surface area (Å²) in [5.41, 5.74) is 1.44. The van der Waals surface area contributed by atoms with Gasteiger partial charge in [-0.1, -0.05) is 18.2 Å². The highest BCUT2D eigenvalue weighted by Crippen LogP contribution is 2.49. The number of carbonyl (C=O) groups is 3. The third-order valence-electron chi connectivity index (χ3n) is 7.51. The second-order valence-electron chi connectivity index (χ2n) is 9.60. The molecular formula is C26H30N4O3. The molecule has 0 aliphatic carbocycles. The minimum atomic E-state index is -0.638. The lowest BCUT2D eigenvalue weighted by atomic mass is 9.66. The number of hydrogen-bond donors (Lipinski definition) is 0. The zero-order valence-corrected chi connectivity index (χ0v) is 19.2. The monoisotopic (exact) mass is 446 g/mol. The van der Waals surface area contributed by atoms with Crippen LogP contribution in [-0.2, 0) is 4.79 Å². The zero-order chi connectivity index (χ0) is 23.2. The first-order chi connectivity index (χ1) is 15.9. The Kier molecular flexibility index (Phi) is 5.43. The summed E-state index contributed by atoms with van der Waals surface area (Å²) in [5, 5.41) is 0. The number of fused-ring (bicyclic) bond motifs is 1. The van der Waals surface area contributed by atoms with Crippen LogP contribution in [0.25, 0.3) is 0 Å². The van der Waals surface area contributed by atoms with Crippen molar-refractivity contribution in [3.63, 3.8) is 0 Å². The highest BCUT2D eigenvalue weighted by molar-refractivity contribution is 6.02. The van der Waals surface area contributed by atoms with E-state index >= 15 is 0 Å². The summed E-state index contributed by atoms with van der Waals surface area (Å²) in [5.74, 6) is -0.341. The van der Waals surface area contributed by atoms with E-state index in [9.17, 15) is 14.4 Å². The minimum absolute atomic E-state index is 0.0119. The van der Waals surface area contributed by atoms with Gasteiger partial charge < -0.3 is 14.7 Å². The number of hydrogen-bond acceptors (Lipinski definition) is 4. The highest BCUT2D eigenvalue weighted by atomic mass is 16.2. The second kappa shape index (κ2) is 8.28. The summed E-state index contributed by atoms with van der Waals surface area (Å²) in [7, 11) is 0. The first kappa shape index (κ1) is 21.6. The Hall–Kier alpha value is -3.22. The Balaban J connectivity index is 1.54. The van der Waals surface area contributed by atoms with E-state index in [4.69, 9.17) is 0 Å². The summed E-state index contributed by atoms with van der Waals surface area (Å²) < 4.78 is 0. The molecule has 172 valence electrons. The summed E-state index contributed by atoms with van der Waals surface area (Å²) in [6.07, 6.45) is 5.42. The molecule has 1 aromatic heterocycles. The number of pyridine rings is 1. The molecule has 1 spiro atoms. The van der Waals surface area contributed by atoms with Crippen LogP contribution in [0.15, 0.2) is 48.8 Å². The lowest BCUT2D eigenvalue weighted by molar-refractivity contribution is -0.142. The fraction of sp³-hybridized carbons (Fsp3) is 0.462. The van der Waals surface area contributed by atoms with Crippen LogP contribution in [0, 0.1) is 0 Å². The number of aromatic nitrogens is 1. The van der Waals surface area contributed by atoms with Crippen LogP contribution in [0.4, 0.5) is 0 Å². The van der Waals surface area contributed by atoms with Crippen molar-refractivity contribution in [3.8, 4) is 0 Å².